The van der Waals surface area contributed by atoms with Crippen LogP contribution in [0.3, 0.4) is 0 Å². The Balaban J connectivity index is 2.99. The second-order valence-electron chi connectivity index (χ2n) is 2.60. The van der Waals surface area contributed by atoms with Crippen molar-refractivity contribution < 1.29 is 10.0 Å². The Morgan fingerprint density at radius 3 is 2.80 bits per heavy atom. The number of nitro groups is 1. The summed E-state index contributed by atoms with van der Waals surface area (Å²) in [5.41, 5.74) is 0.0779. The SMILES string of the molecule is N#CCC#Cc1ccc([N+](=O)[O-])c(O)c1. The molecule has 0 heterocycles. The van der Waals surface area contributed by atoms with Crippen molar-refractivity contribution in [3.63, 3.8) is 0 Å². The normalized spacial score (nSPS) is 8.47. The zero-order chi connectivity index (χ0) is 11.3. The Kier molecular flexibility index (Phi) is 3.26. The minimum Gasteiger partial charge on any atom is -0.502 e. The van der Waals surface area contributed by atoms with Crippen molar-refractivity contribution in [2.24, 2.45) is 0 Å². The minimum atomic E-state index is -0.679. The van der Waals surface area contributed by atoms with E-state index in [2.05, 4.69) is 11.8 Å². The van der Waals surface area contributed by atoms with Crippen molar-refractivity contribution in [2.45, 2.75) is 6.42 Å². The summed E-state index contributed by atoms with van der Waals surface area (Å²) < 4.78 is 0. The van der Waals surface area contributed by atoms with Crippen LogP contribution in [0.5, 0.6) is 5.75 Å². The maximum absolute atomic E-state index is 10.4. The molecule has 0 bridgehead atoms. The van der Waals surface area contributed by atoms with Crippen LogP contribution in [0.4, 0.5) is 5.69 Å². The van der Waals surface area contributed by atoms with Gasteiger partial charge in [-0.25, -0.2) is 0 Å². The van der Waals surface area contributed by atoms with E-state index in [4.69, 9.17) is 5.26 Å². The number of rotatable bonds is 1. The molecule has 0 aliphatic heterocycles. The van der Waals surface area contributed by atoms with Gasteiger partial charge in [0.05, 0.1) is 17.4 Å². The zero-order valence-electron chi connectivity index (χ0n) is 7.60. The number of phenolic OH excluding ortho intramolecular Hbond substituents is 1. The molecule has 5 heteroatoms. The van der Waals surface area contributed by atoms with Gasteiger partial charge in [0.1, 0.15) is 0 Å². The molecule has 0 aliphatic carbocycles. The number of hydrogen-bond donors (Lipinski definition) is 1. The van der Waals surface area contributed by atoms with Gasteiger partial charge >= 0.3 is 5.69 Å². The van der Waals surface area contributed by atoms with Gasteiger partial charge in [0.2, 0.25) is 0 Å². The Morgan fingerprint density at radius 1 is 1.53 bits per heavy atom. The summed E-state index contributed by atoms with van der Waals surface area (Å²) in [5, 5.41) is 27.8. The Bertz CT molecular complexity index is 492. The van der Waals surface area contributed by atoms with Crippen molar-refractivity contribution >= 4 is 5.69 Å². The van der Waals surface area contributed by atoms with Gasteiger partial charge in [0, 0.05) is 17.7 Å². The Morgan fingerprint density at radius 2 is 2.27 bits per heavy atom. The topological polar surface area (TPSA) is 87.2 Å². The third-order valence-corrected chi connectivity index (χ3v) is 1.57. The highest BCUT2D eigenvalue weighted by molar-refractivity contribution is 5.51. The van der Waals surface area contributed by atoms with Crippen molar-refractivity contribution in [3.05, 3.63) is 33.9 Å². The summed E-state index contributed by atoms with van der Waals surface area (Å²) >= 11 is 0. The molecule has 0 amide bonds. The molecule has 0 saturated carbocycles. The van der Waals surface area contributed by atoms with Gasteiger partial charge in [-0.1, -0.05) is 11.8 Å². The lowest BCUT2D eigenvalue weighted by molar-refractivity contribution is -0.385. The third kappa shape index (κ3) is 2.71. The Labute approximate surface area is 85.7 Å². The van der Waals surface area contributed by atoms with Crippen molar-refractivity contribution in [3.8, 4) is 23.7 Å². The van der Waals surface area contributed by atoms with E-state index in [9.17, 15) is 15.2 Å². The zero-order valence-corrected chi connectivity index (χ0v) is 7.60. The maximum atomic E-state index is 10.4. The average molecular weight is 202 g/mol. The van der Waals surface area contributed by atoms with E-state index in [1.165, 1.54) is 18.2 Å². The van der Waals surface area contributed by atoms with E-state index >= 15 is 0 Å². The van der Waals surface area contributed by atoms with E-state index in [1.54, 1.807) is 0 Å². The number of nitriles is 1. The third-order valence-electron chi connectivity index (χ3n) is 1.57. The summed E-state index contributed by atoms with van der Waals surface area (Å²) in [6.45, 7) is 0. The van der Waals surface area contributed by atoms with E-state index in [0.29, 0.717) is 5.56 Å². The monoisotopic (exact) mass is 202 g/mol. The highest BCUT2D eigenvalue weighted by Gasteiger charge is 2.11. The molecule has 0 spiro atoms. The van der Waals surface area contributed by atoms with Crippen LogP contribution in [0.2, 0.25) is 0 Å². The fourth-order valence-electron chi connectivity index (χ4n) is 0.941. The number of nitro benzene ring substituents is 1. The molecule has 1 rings (SSSR count). The molecule has 1 N–H and O–H groups in total. The first-order chi connectivity index (χ1) is 7.15. The standard InChI is InChI=1S/C10H6N2O3/c11-6-2-1-3-8-4-5-9(12(14)15)10(13)7-8/h4-5,7,13H,2H2. The molecular formula is C10H6N2O3. The Hall–Kier alpha value is -2.53. The van der Waals surface area contributed by atoms with Crippen LogP contribution in [-0.4, -0.2) is 10.0 Å². The van der Waals surface area contributed by atoms with Gasteiger partial charge in [-0.15, -0.1) is 0 Å². The van der Waals surface area contributed by atoms with Crippen molar-refractivity contribution in [2.75, 3.05) is 0 Å². The van der Waals surface area contributed by atoms with Crippen molar-refractivity contribution in [1.29, 1.82) is 5.26 Å². The highest BCUT2D eigenvalue weighted by atomic mass is 16.6. The molecule has 15 heavy (non-hydrogen) atoms. The quantitative estimate of drug-likeness (QED) is 0.425. The molecule has 1 aromatic rings. The average Bonchev–Trinajstić information content (AvgIpc) is 2.17. The fourth-order valence-corrected chi connectivity index (χ4v) is 0.941. The summed E-state index contributed by atoms with van der Waals surface area (Å²) in [5.74, 6) is 4.71. The van der Waals surface area contributed by atoms with Gasteiger partial charge in [0.15, 0.2) is 5.75 Å². The molecular weight excluding hydrogens is 196 g/mol. The van der Waals surface area contributed by atoms with E-state index in [-0.39, 0.29) is 12.1 Å². The lowest BCUT2D eigenvalue weighted by atomic mass is 10.2. The summed E-state index contributed by atoms with van der Waals surface area (Å²) in [4.78, 5) is 9.68. The van der Waals surface area contributed by atoms with E-state index in [1.807, 2.05) is 6.07 Å². The second-order valence-corrected chi connectivity index (χ2v) is 2.60. The molecule has 1 aromatic carbocycles. The first-order valence-electron chi connectivity index (χ1n) is 3.98. The molecule has 0 radical (unpaired) electrons. The smallest absolute Gasteiger partial charge is 0.310 e. The van der Waals surface area contributed by atoms with Crippen LogP contribution in [0, 0.1) is 33.3 Å². The molecule has 0 unspecified atom stereocenters. The van der Waals surface area contributed by atoms with Gasteiger partial charge in [0.25, 0.3) is 0 Å². The first-order valence-corrected chi connectivity index (χ1v) is 3.98. The van der Waals surface area contributed by atoms with Crippen LogP contribution in [0.15, 0.2) is 18.2 Å². The maximum Gasteiger partial charge on any atom is 0.310 e. The summed E-state index contributed by atoms with van der Waals surface area (Å²) in [7, 11) is 0. The number of phenols is 1. The predicted molar refractivity (Wildman–Crippen MR) is 51.9 cm³/mol. The van der Waals surface area contributed by atoms with Crippen LogP contribution >= 0.6 is 0 Å². The molecule has 0 aromatic heterocycles. The van der Waals surface area contributed by atoms with E-state index < -0.39 is 10.7 Å². The fraction of sp³-hybridized carbons (Fsp3) is 0.100. The van der Waals surface area contributed by atoms with E-state index in [0.717, 1.165) is 0 Å². The first kappa shape index (κ1) is 10.6. The van der Waals surface area contributed by atoms with Gasteiger partial charge in [-0.05, 0) is 6.07 Å². The molecule has 0 aliphatic rings. The van der Waals surface area contributed by atoms with Crippen LogP contribution in [0.1, 0.15) is 12.0 Å². The van der Waals surface area contributed by atoms with Crippen molar-refractivity contribution in [1.82, 2.24) is 0 Å². The lowest BCUT2D eigenvalue weighted by Gasteiger charge is -1.95. The predicted octanol–water partition coefficient (Wildman–Crippen LogP) is 1.57. The number of nitrogens with zero attached hydrogens (tertiary/aromatic N) is 2. The molecule has 0 atom stereocenters. The second kappa shape index (κ2) is 4.64. The number of aromatic hydroxyl groups is 1. The molecule has 5 nitrogen and oxygen atoms in total. The lowest BCUT2D eigenvalue weighted by Crippen LogP contribution is -1.88. The van der Waals surface area contributed by atoms with Gasteiger partial charge in [-0.3, -0.25) is 10.1 Å². The largest absolute Gasteiger partial charge is 0.502 e. The summed E-state index contributed by atoms with van der Waals surface area (Å²) in [6, 6.07) is 5.63. The molecule has 0 saturated heterocycles. The number of benzene rings is 1. The van der Waals surface area contributed by atoms with Crippen LogP contribution in [-0.2, 0) is 0 Å². The van der Waals surface area contributed by atoms with Gasteiger partial charge in [-0.2, -0.15) is 5.26 Å². The minimum absolute atomic E-state index is 0.0811. The van der Waals surface area contributed by atoms with Gasteiger partial charge < -0.3 is 5.11 Å². The van der Waals surface area contributed by atoms with Crippen LogP contribution in [0.25, 0.3) is 0 Å². The molecule has 74 valence electrons. The highest BCUT2D eigenvalue weighted by Crippen LogP contribution is 2.25. The summed E-state index contributed by atoms with van der Waals surface area (Å²) in [6.07, 6.45) is 0.0811. The van der Waals surface area contributed by atoms with Crippen LogP contribution < -0.4 is 0 Å². The number of hydrogen-bond acceptors (Lipinski definition) is 4. The molecule has 0 fully saturated rings.